The van der Waals surface area contributed by atoms with E-state index in [1.807, 2.05) is 7.05 Å². The van der Waals surface area contributed by atoms with Crippen LogP contribution in [0.5, 0.6) is 0 Å². The molecule has 4 N–H and O–H groups in total. The molecule has 68 valence electrons. The largest absolute Gasteiger partial charge is 0.516 e. The van der Waals surface area contributed by atoms with Crippen molar-refractivity contribution in [2.24, 2.45) is 0 Å². The molecule has 0 aliphatic heterocycles. The van der Waals surface area contributed by atoms with Gasteiger partial charge >= 0.3 is 0 Å². The molecule has 0 radical (unpaired) electrons. The van der Waals surface area contributed by atoms with Crippen LogP contribution in [0.1, 0.15) is 6.92 Å². The predicted octanol–water partition coefficient (Wildman–Crippen LogP) is 0.0722. The van der Waals surface area contributed by atoms with Crippen LogP contribution in [-0.4, -0.2) is 22.9 Å². The minimum Gasteiger partial charge on any atom is -0.516 e. The molecule has 0 spiro atoms. The Labute approximate surface area is 72.7 Å². The molecule has 1 unspecified atom stereocenters. The molecule has 0 aliphatic carbocycles. The fourth-order valence-electron chi connectivity index (χ4n) is 0.692. The van der Waals surface area contributed by atoms with Gasteiger partial charge in [-0.05, 0) is 25.7 Å². The number of aliphatic hydroxyl groups excluding tert-OH is 1. The Morgan fingerprint density at radius 1 is 1.50 bits per heavy atom. The maximum Gasteiger partial charge on any atom is 0.153 e. The zero-order valence-electron chi connectivity index (χ0n) is 7.49. The van der Waals surface area contributed by atoms with Gasteiger partial charge < -0.3 is 15.5 Å². The van der Waals surface area contributed by atoms with Crippen LogP contribution < -0.4 is 5.32 Å². The van der Waals surface area contributed by atoms with Gasteiger partial charge in [0.15, 0.2) is 5.60 Å². The Hall–Kier alpha value is -1.06. The SMILES string of the molecule is C=C([NH2+]C)C(C)(O)/C=C\C=C/O. The number of nitrogens with two attached hydrogens (primary N) is 1. The lowest BCUT2D eigenvalue weighted by Gasteiger charge is -2.17. The number of likely N-dealkylation sites (N-methyl/N-ethyl adjacent to an activating group) is 1. The summed E-state index contributed by atoms with van der Waals surface area (Å²) < 4.78 is 0. The fourth-order valence-corrected chi connectivity index (χ4v) is 0.692. The van der Waals surface area contributed by atoms with E-state index in [0.29, 0.717) is 5.70 Å². The highest BCUT2D eigenvalue weighted by Crippen LogP contribution is 2.09. The first-order chi connectivity index (χ1) is 5.54. The van der Waals surface area contributed by atoms with Crippen LogP contribution in [0.4, 0.5) is 0 Å². The molecule has 0 saturated heterocycles. The first-order valence-electron chi connectivity index (χ1n) is 3.74. The molecule has 12 heavy (non-hydrogen) atoms. The quantitative estimate of drug-likeness (QED) is 0.413. The van der Waals surface area contributed by atoms with Crippen LogP contribution >= 0.6 is 0 Å². The van der Waals surface area contributed by atoms with Crippen molar-refractivity contribution in [2.45, 2.75) is 12.5 Å². The third-order valence-electron chi connectivity index (χ3n) is 1.62. The van der Waals surface area contributed by atoms with E-state index in [2.05, 4.69) is 6.58 Å². The zero-order valence-corrected chi connectivity index (χ0v) is 7.49. The lowest BCUT2D eigenvalue weighted by atomic mass is 10.0. The molecular formula is C9H16NO2+. The highest BCUT2D eigenvalue weighted by Gasteiger charge is 2.22. The number of quaternary nitrogens is 1. The maximum absolute atomic E-state index is 9.68. The molecular weight excluding hydrogens is 154 g/mol. The smallest absolute Gasteiger partial charge is 0.153 e. The molecule has 0 amide bonds. The monoisotopic (exact) mass is 170 g/mol. The second-order valence-electron chi connectivity index (χ2n) is 2.66. The van der Waals surface area contributed by atoms with Crippen molar-refractivity contribution in [3.8, 4) is 0 Å². The Bertz CT molecular complexity index is 205. The van der Waals surface area contributed by atoms with E-state index in [-0.39, 0.29) is 0 Å². The molecule has 0 rings (SSSR count). The van der Waals surface area contributed by atoms with Crippen LogP contribution in [0, 0.1) is 0 Å². The summed E-state index contributed by atoms with van der Waals surface area (Å²) in [6.45, 7) is 5.32. The molecule has 0 fully saturated rings. The Morgan fingerprint density at radius 2 is 2.08 bits per heavy atom. The Kier molecular flexibility index (Phi) is 4.33. The van der Waals surface area contributed by atoms with Crippen molar-refractivity contribution < 1.29 is 15.5 Å². The van der Waals surface area contributed by atoms with Gasteiger partial charge in [-0.3, -0.25) is 0 Å². The van der Waals surface area contributed by atoms with E-state index in [0.717, 1.165) is 6.26 Å². The van der Waals surface area contributed by atoms with E-state index < -0.39 is 5.60 Å². The van der Waals surface area contributed by atoms with Crippen LogP contribution in [0.3, 0.4) is 0 Å². The van der Waals surface area contributed by atoms with Crippen molar-refractivity contribution in [3.63, 3.8) is 0 Å². The van der Waals surface area contributed by atoms with Gasteiger partial charge in [0.2, 0.25) is 0 Å². The van der Waals surface area contributed by atoms with E-state index in [9.17, 15) is 5.11 Å². The molecule has 0 aliphatic rings. The number of hydrogen-bond donors (Lipinski definition) is 3. The van der Waals surface area contributed by atoms with E-state index in [4.69, 9.17) is 5.11 Å². The van der Waals surface area contributed by atoms with Gasteiger partial charge in [-0.1, -0.05) is 6.08 Å². The second-order valence-corrected chi connectivity index (χ2v) is 2.66. The van der Waals surface area contributed by atoms with Crippen LogP contribution in [0.25, 0.3) is 0 Å². The second kappa shape index (κ2) is 4.74. The average molecular weight is 170 g/mol. The summed E-state index contributed by atoms with van der Waals surface area (Å²) in [5, 5.41) is 19.7. The summed E-state index contributed by atoms with van der Waals surface area (Å²) >= 11 is 0. The summed E-state index contributed by atoms with van der Waals surface area (Å²) in [4.78, 5) is 0. The lowest BCUT2D eigenvalue weighted by molar-refractivity contribution is -0.586. The zero-order chi connectivity index (χ0) is 9.61. The highest BCUT2D eigenvalue weighted by molar-refractivity contribution is 5.16. The maximum atomic E-state index is 9.68. The van der Waals surface area contributed by atoms with Crippen molar-refractivity contribution in [3.05, 3.63) is 36.8 Å². The minimum absolute atomic E-state index is 0.630. The minimum atomic E-state index is -1.03. The van der Waals surface area contributed by atoms with Gasteiger partial charge in [0.1, 0.15) is 5.70 Å². The van der Waals surface area contributed by atoms with Crippen LogP contribution in [0.15, 0.2) is 36.8 Å². The fraction of sp³-hybridized carbons (Fsp3) is 0.333. The highest BCUT2D eigenvalue weighted by atomic mass is 16.3. The van der Waals surface area contributed by atoms with Gasteiger partial charge in [0, 0.05) is 0 Å². The molecule has 1 atom stereocenters. The van der Waals surface area contributed by atoms with Crippen molar-refractivity contribution in [1.82, 2.24) is 0 Å². The van der Waals surface area contributed by atoms with Gasteiger partial charge in [-0.25, -0.2) is 0 Å². The first kappa shape index (κ1) is 10.9. The average Bonchev–Trinajstić information content (AvgIpc) is 2.03. The molecule has 0 bridgehead atoms. The third kappa shape index (κ3) is 3.37. The third-order valence-corrected chi connectivity index (χ3v) is 1.62. The number of hydrogen-bond acceptors (Lipinski definition) is 2. The van der Waals surface area contributed by atoms with Gasteiger partial charge in [-0.15, -0.1) is 0 Å². The van der Waals surface area contributed by atoms with E-state index in [1.54, 1.807) is 24.4 Å². The van der Waals surface area contributed by atoms with Gasteiger partial charge in [-0.2, -0.15) is 0 Å². The normalized spacial score (nSPS) is 16.9. The standard InChI is InChI=1S/C9H15NO2/c1-8(10-3)9(2,12)6-4-5-7-11/h4-7,10-12H,1H2,2-3H3/p+1/b6-4-,7-5-. The Balaban J connectivity index is 4.30. The number of rotatable bonds is 4. The first-order valence-corrected chi connectivity index (χ1v) is 3.74. The van der Waals surface area contributed by atoms with Crippen molar-refractivity contribution in [2.75, 3.05) is 7.05 Å². The van der Waals surface area contributed by atoms with E-state index >= 15 is 0 Å². The molecule has 0 saturated carbocycles. The molecule has 0 aromatic rings. The number of allylic oxidation sites excluding steroid dienone is 2. The van der Waals surface area contributed by atoms with E-state index in [1.165, 1.54) is 6.08 Å². The molecule has 0 heterocycles. The summed E-state index contributed by atoms with van der Waals surface area (Å²) in [7, 11) is 1.81. The topological polar surface area (TPSA) is 57.1 Å². The lowest BCUT2D eigenvalue weighted by Crippen LogP contribution is -2.80. The Morgan fingerprint density at radius 3 is 2.50 bits per heavy atom. The van der Waals surface area contributed by atoms with Crippen molar-refractivity contribution >= 4 is 0 Å². The number of aliphatic hydroxyl groups is 2. The molecule has 3 nitrogen and oxygen atoms in total. The molecule has 0 aromatic carbocycles. The van der Waals surface area contributed by atoms with Crippen molar-refractivity contribution in [1.29, 1.82) is 0 Å². The van der Waals surface area contributed by atoms with Gasteiger partial charge in [0.05, 0.1) is 13.3 Å². The van der Waals surface area contributed by atoms with Crippen LogP contribution in [0.2, 0.25) is 0 Å². The molecule has 3 heteroatoms. The summed E-state index contributed by atoms with van der Waals surface area (Å²) in [6.07, 6.45) is 5.46. The summed E-state index contributed by atoms with van der Waals surface area (Å²) in [5.41, 5.74) is -0.404. The van der Waals surface area contributed by atoms with Crippen LogP contribution in [-0.2, 0) is 0 Å². The predicted molar refractivity (Wildman–Crippen MR) is 48.5 cm³/mol. The summed E-state index contributed by atoms with van der Waals surface area (Å²) in [6, 6.07) is 0. The summed E-state index contributed by atoms with van der Waals surface area (Å²) in [5.74, 6) is 0. The molecule has 0 aromatic heterocycles. The van der Waals surface area contributed by atoms with Gasteiger partial charge in [0.25, 0.3) is 0 Å².